The number of carbonyl (C=O) groups is 1. The number of aliphatic hydroxyl groups is 1. The minimum absolute atomic E-state index is 0.00567. The molecule has 1 amide bonds. The largest absolute Gasteiger partial charge is 0.394 e. The third-order valence-electron chi connectivity index (χ3n) is 7.24. The van der Waals surface area contributed by atoms with Crippen LogP contribution in [-0.4, -0.2) is 38.8 Å². The molecule has 0 saturated heterocycles. The second-order valence-electron chi connectivity index (χ2n) is 9.44. The molecule has 4 N–H and O–H groups in total. The highest BCUT2D eigenvalue weighted by atomic mass is 16.5. The highest BCUT2D eigenvalue weighted by Crippen LogP contribution is 2.42. The Kier molecular flexibility index (Phi) is 7.21. The number of aromatic amines is 1. The van der Waals surface area contributed by atoms with Crippen molar-refractivity contribution in [3.8, 4) is 0 Å². The first-order valence-corrected chi connectivity index (χ1v) is 12.5. The average molecular weight is 494 g/mol. The van der Waals surface area contributed by atoms with Crippen LogP contribution < -0.4 is 5.48 Å². The summed E-state index contributed by atoms with van der Waals surface area (Å²) in [5.74, 6) is -0.563. The van der Waals surface area contributed by atoms with Gasteiger partial charge in [-0.2, -0.15) is 0 Å². The molecule has 0 radical (unpaired) electrons. The highest BCUT2D eigenvalue weighted by Gasteiger charge is 2.34. The first-order chi connectivity index (χ1) is 18.1. The minimum Gasteiger partial charge on any atom is -0.394 e. The quantitative estimate of drug-likeness (QED) is 0.146. The molecule has 0 saturated carbocycles. The van der Waals surface area contributed by atoms with E-state index in [0.29, 0.717) is 6.42 Å². The molecule has 1 aromatic heterocycles. The smallest absolute Gasteiger partial charge is 0.267 e. The zero-order valence-electron chi connectivity index (χ0n) is 20.6. The lowest BCUT2D eigenvalue weighted by molar-refractivity contribution is -0.124. The number of nitrogens with zero attached hydrogens (tertiary/aromatic N) is 1. The number of amides is 1. The summed E-state index contributed by atoms with van der Waals surface area (Å²) in [6.07, 6.45) is 7.50. The summed E-state index contributed by atoms with van der Waals surface area (Å²) in [5, 5.41) is 20.6. The molecule has 1 aliphatic rings. The van der Waals surface area contributed by atoms with Crippen molar-refractivity contribution in [1.82, 2.24) is 15.4 Å². The predicted octanol–water partition coefficient (Wildman–Crippen LogP) is 5.25. The van der Waals surface area contributed by atoms with Gasteiger partial charge < -0.3 is 15.0 Å². The zero-order valence-corrected chi connectivity index (χ0v) is 20.6. The number of hydroxylamine groups is 1. The Bertz CT molecular complexity index is 1440. The fraction of sp³-hybridized carbons (Fsp3) is 0.194. The molecule has 188 valence electrons. The van der Waals surface area contributed by atoms with E-state index in [1.807, 2.05) is 42.6 Å². The highest BCUT2D eigenvalue weighted by molar-refractivity contribution is 5.90. The molecule has 1 heterocycles. The van der Waals surface area contributed by atoms with Crippen LogP contribution >= 0.6 is 0 Å². The molecule has 0 bridgehead atoms. The first-order valence-electron chi connectivity index (χ1n) is 12.5. The number of hydrogen-bond acceptors (Lipinski definition) is 4. The van der Waals surface area contributed by atoms with E-state index < -0.39 is 5.91 Å². The molecule has 4 aromatic rings. The van der Waals surface area contributed by atoms with Gasteiger partial charge in [-0.1, -0.05) is 73.3 Å². The maximum atomic E-state index is 11.4. The van der Waals surface area contributed by atoms with Gasteiger partial charge in [0.2, 0.25) is 0 Å². The van der Waals surface area contributed by atoms with Crippen LogP contribution in [0.1, 0.15) is 40.3 Å². The second kappa shape index (κ2) is 10.9. The van der Waals surface area contributed by atoms with Crippen LogP contribution in [0.25, 0.3) is 22.7 Å². The van der Waals surface area contributed by atoms with Gasteiger partial charge in [0.1, 0.15) is 0 Å². The number of rotatable bonds is 9. The molecule has 6 heteroatoms. The summed E-state index contributed by atoms with van der Waals surface area (Å²) in [4.78, 5) is 17.1. The van der Waals surface area contributed by atoms with Crippen LogP contribution in [0, 0.1) is 0 Å². The fourth-order valence-corrected chi connectivity index (χ4v) is 5.46. The zero-order chi connectivity index (χ0) is 25.8. The summed E-state index contributed by atoms with van der Waals surface area (Å²) >= 11 is 0. The number of aryl methyl sites for hydroxylation is 1. The van der Waals surface area contributed by atoms with Crippen LogP contribution in [-0.2, 0) is 17.6 Å². The van der Waals surface area contributed by atoms with Crippen LogP contribution in [0.2, 0.25) is 0 Å². The van der Waals surface area contributed by atoms with Crippen molar-refractivity contribution in [3.63, 3.8) is 0 Å². The predicted molar refractivity (Wildman–Crippen MR) is 147 cm³/mol. The van der Waals surface area contributed by atoms with Gasteiger partial charge in [0.15, 0.2) is 0 Å². The fourth-order valence-electron chi connectivity index (χ4n) is 5.46. The molecule has 0 unspecified atom stereocenters. The summed E-state index contributed by atoms with van der Waals surface area (Å²) in [5.41, 5.74) is 9.11. The third kappa shape index (κ3) is 5.07. The van der Waals surface area contributed by atoms with Gasteiger partial charge in [0, 0.05) is 28.9 Å². The summed E-state index contributed by atoms with van der Waals surface area (Å²) in [6.45, 7) is 4.50. The topological polar surface area (TPSA) is 88.6 Å². The Labute approximate surface area is 216 Å². The molecular formula is C31H31N3O3. The molecule has 37 heavy (non-hydrogen) atoms. The van der Waals surface area contributed by atoms with E-state index in [1.54, 1.807) is 11.6 Å². The van der Waals surface area contributed by atoms with Crippen molar-refractivity contribution < 1.29 is 15.1 Å². The lowest BCUT2D eigenvalue weighted by Crippen LogP contribution is -2.40. The number of benzene rings is 3. The SMILES string of the molecule is C=C(c1ccccc1)N([C@H](CO)Cc1c[nH]c2ccccc12)[C@@H]1CCc2cc(/C=C/C(=O)NO)ccc21. The molecule has 2 atom stereocenters. The molecule has 0 aliphatic heterocycles. The average Bonchev–Trinajstić information content (AvgIpc) is 3.55. The maximum absolute atomic E-state index is 11.4. The van der Waals surface area contributed by atoms with Crippen molar-refractivity contribution in [3.05, 3.63) is 119 Å². The Morgan fingerprint density at radius 2 is 1.92 bits per heavy atom. The summed E-state index contributed by atoms with van der Waals surface area (Å²) in [7, 11) is 0. The normalized spacial score (nSPS) is 15.6. The lowest BCUT2D eigenvalue weighted by Gasteiger charge is -2.40. The van der Waals surface area contributed by atoms with Gasteiger partial charge in [-0.15, -0.1) is 0 Å². The van der Waals surface area contributed by atoms with E-state index in [0.717, 1.165) is 35.2 Å². The van der Waals surface area contributed by atoms with Crippen molar-refractivity contribution in [1.29, 1.82) is 0 Å². The van der Waals surface area contributed by atoms with E-state index in [-0.39, 0.29) is 18.7 Å². The van der Waals surface area contributed by atoms with Gasteiger partial charge in [0.05, 0.1) is 18.7 Å². The van der Waals surface area contributed by atoms with E-state index in [2.05, 4.69) is 52.9 Å². The number of fused-ring (bicyclic) bond motifs is 2. The molecule has 0 fully saturated rings. The number of aromatic nitrogens is 1. The molecule has 0 spiro atoms. The Morgan fingerprint density at radius 1 is 1.14 bits per heavy atom. The van der Waals surface area contributed by atoms with Gasteiger partial charge in [-0.25, -0.2) is 5.48 Å². The van der Waals surface area contributed by atoms with Gasteiger partial charge in [0.25, 0.3) is 5.91 Å². The maximum Gasteiger partial charge on any atom is 0.267 e. The van der Waals surface area contributed by atoms with Crippen LogP contribution in [0.3, 0.4) is 0 Å². The number of aliphatic hydroxyl groups excluding tert-OH is 1. The van der Waals surface area contributed by atoms with Crippen molar-refractivity contribution in [2.24, 2.45) is 0 Å². The van der Waals surface area contributed by atoms with Crippen molar-refractivity contribution in [2.45, 2.75) is 31.3 Å². The van der Waals surface area contributed by atoms with Crippen molar-refractivity contribution in [2.75, 3.05) is 6.61 Å². The minimum atomic E-state index is -0.563. The monoisotopic (exact) mass is 493 g/mol. The molecule has 5 rings (SSSR count). The van der Waals surface area contributed by atoms with Crippen LogP contribution in [0.15, 0.2) is 91.6 Å². The lowest BCUT2D eigenvalue weighted by atomic mass is 9.97. The summed E-state index contributed by atoms with van der Waals surface area (Å²) < 4.78 is 0. The van der Waals surface area contributed by atoms with Crippen molar-refractivity contribution >= 4 is 28.6 Å². The van der Waals surface area contributed by atoms with E-state index in [4.69, 9.17) is 5.21 Å². The van der Waals surface area contributed by atoms with Crippen LogP contribution in [0.5, 0.6) is 0 Å². The number of para-hydroxylation sites is 1. The van der Waals surface area contributed by atoms with E-state index in [9.17, 15) is 9.90 Å². The van der Waals surface area contributed by atoms with E-state index >= 15 is 0 Å². The number of carbonyl (C=O) groups excluding carboxylic acids is 1. The number of nitrogens with one attached hydrogen (secondary N) is 2. The van der Waals surface area contributed by atoms with Crippen LogP contribution in [0.4, 0.5) is 0 Å². The van der Waals surface area contributed by atoms with Gasteiger partial charge in [-0.3, -0.25) is 10.0 Å². The second-order valence-corrected chi connectivity index (χ2v) is 9.44. The molecular weight excluding hydrogens is 462 g/mol. The Morgan fingerprint density at radius 3 is 2.70 bits per heavy atom. The summed E-state index contributed by atoms with van der Waals surface area (Å²) in [6, 6.07) is 24.4. The number of hydrogen-bond donors (Lipinski definition) is 4. The number of H-pyrrole nitrogens is 1. The van der Waals surface area contributed by atoms with Gasteiger partial charge in [-0.05, 0) is 59.2 Å². The standard InChI is InChI=1S/C31H31N3O3/c1-21(23-7-3-2-4-8-23)34(26(20-35)18-25-19-32-29-10-6-5-9-27(25)29)30-15-13-24-17-22(11-14-28(24)30)12-16-31(36)33-37/h2-12,14,16-17,19,26,30,32,35,37H,1,13,15,18,20H2,(H,33,36)/b16-12+/t26-,30+/m0/s1. The Hall–Kier alpha value is -4.13. The third-order valence-corrected chi connectivity index (χ3v) is 7.24. The first kappa shape index (κ1) is 24.6. The molecule has 6 nitrogen and oxygen atoms in total. The molecule has 3 aromatic carbocycles. The molecule has 1 aliphatic carbocycles. The Balaban J connectivity index is 1.50. The van der Waals surface area contributed by atoms with E-state index in [1.165, 1.54) is 28.2 Å². The van der Waals surface area contributed by atoms with Gasteiger partial charge >= 0.3 is 0 Å².